The van der Waals surface area contributed by atoms with E-state index in [1.807, 2.05) is 0 Å². The van der Waals surface area contributed by atoms with Crippen molar-refractivity contribution in [2.75, 3.05) is 57.4 Å². The zero-order chi connectivity index (χ0) is 41.1. The SMILES string of the molecule is CC12CC(F)CN(C1)c1nc(OCC34CCCN3CCC4)nc3c(F)c(ncc13)-c1cc(OC(=O)N3CCCCC(F)(F)C3)cc3ccc(F)c(c13)CCCOC(=O)N2. The number of pyridine rings is 1. The summed E-state index contributed by atoms with van der Waals surface area (Å²) < 4.78 is 95.7. The fourth-order valence-corrected chi connectivity index (χ4v) is 9.89. The molecule has 2 unspecified atom stereocenters. The van der Waals surface area contributed by atoms with Crippen LogP contribution in [-0.2, 0) is 11.2 Å². The van der Waals surface area contributed by atoms with Crippen LogP contribution in [0.3, 0.4) is 0 Å². The Morgan fingerprint density at radius 3 is 2.64 bits per heavy atom. The van der Waals surface area contributed by atoms with E-state index in [1.165, 1.54) is 30.5 Å². The fraction of sp³-hybridized carbons (Fsp3) is 0.548. The highest BCUT2D eigenvalue weighted by Gasteiger charge is 2.45. The number of piperidine rings is 1. The van der Waals surface area contributed by atoms with Gasteiger partial charge in [-0.3, -0.25) is 9.88 Å². The highest BCUT2D eigenvalue weighted by atomic mass is 19.3. The zero-order valence-electron chi connectivity index (χ0n) is 32.8. The van der Waals surface area contributed by atoms with E-state index in [4.69, 9.17) is 19.2 Å². The van der Waals surface area contributed by atoms with E-state index in [0.29, 0.717) is 11.8 Å². The van der Waals surface area contributed by atoms with Gasteiger partial charge in [0.15, 0.2) is 5.82 Å². The Labute approximate surface area is 337 Å². The van der Waals surface area contributed by atoms with Crippen LogP contribution in [0.4, 0.5) is 37.4 Å². The van der Waals surface area contributed by atoms with Crippen LogP contribution in [-0.4, -0.2) is 113 Å². The molecule has 4 fully saturated rings. The van der Waals surface area contributed by atoms with E-state index in [2.05, 4.69) is 20.2 Å². The van der Waals surface area contributed by atoms with E-state index in [9.17, 15) is 18.4 Å². The van der Waals surface area contributed by atoms with E-state index >= 15 is 13.2 Å². The molecule has 2 aromatic carbocycles. The van der Waals surface area contributed by atoms with Gasteiger partial charge in [-0.05, 0) is 106 Å². The number of carbonyl (C=O) groups is 2. The summed E-state index contributed by atoms with van der Waals surface area (Å²) in [6.45, 7) is 2.96. The Bertz CT molecular complexity index is 2310. The number of ether oxygens (including phenoxy) is 3. The summed E-state index contributed by atoms with van der Waals surface area (Å²) in [5.74, 6) is -4.57. The number of anilines is 1. The van der Waals surface area contributed by atoms with Crippen LogP contribution in [0.2, 0.25) is 0 Å². The minimum atomic E-state index is -3.09. The fourth-order valence-electron chi connectivity index (χ4n) is 9.89. The van der Waals surface area contributed by atoms with Gasteiger partial charge >= 0.3 is 18.2 Å². The molecule has 4 saturated heterocycles. The lowest BCUT2D eigenvalue weighted by Gasteiger charge is -2.42. The van der Waals surface area contributed by atoms with Crippen LogP contribution in [0.25, 0.3) is 32.9 Å². The van der Waals surface area contributed by atoms with Crippen molar-refractivity contribution >= 4 is 39.7 Å². The monoisotopic (exact) mass is 823 g/mol. The third-order valence-corrected chi connectivity index (χ3v) is 12.6. The zero-order valence-corrected chi connectivity index (χ0v) is 32.8. The minimum Gasteiger partial charge on any atom is -0.461 e. The van der Waals surface area contributed by atoms with Crippen LogP contribution in [0.5, 0.6) is 11.8 Å². The average Bonchev–Trinajstić information content (AvgIpc) is 3.71. The van der Waals surface area contributed by atoms with Gasteiger partial charge in [0.25, 0.3) is 5.92 Å². The lowest BCUT2D eigenvalue weighted by molar-refractivity contribution is -0.0252. The molecule has 6 bridgehead atoms. The van der Waals surface area contributed by atoms with Crippen LogP contribution < -0.4 is 19.7 Å². The van der Waals surface area contributed by atoms with Crippen molar-refractivity contribution in [3.8, 4) is 23.0 Å². The molecule has 6 aliphatic heterocycles. The number of alkyl halides is 3. The molecule has 4 aromatic rings. The molecule has 6 aliphatic rings. The van der Waals surface area contributed by atoms with Crippen molar-refractivity contribution in [2.45, 2.75) is 94.3 Å². The molecule has 1 N–H and O–H groups in total. The summed E-state index contributed by atoms with van der Waals surface area (Å²) in [4.78, 5) is 45.4. The number of carbonyl (C=O) groups excluding carboxylic acids is 2. The second-order valence-corrected chi connectivity index (χ2v) is 17.0. The molecule has 12 nitrogen and oxygen atoms in total. The number of likely N-dealkylation sites (tertiary alicyclic amines) is 1. The molecule has 2 atom stereocenters. The Morgan fingerprint density at radius 2 is 1.83 bits per heavy atom. The number of fused-ring (bicyclic) bond motifs is 7. The van der Waals surface area contributed by atoms with Gasteiger partial charge in [-0.15, -0.1) is 0 Å². The highest BCUT2D eigenvalue weighted by Crippen LogP contribution is 2.42. The first-order valence-corrected chi connectivity index (χ1v) is 20.5. The van der Waals surface area contributed by atoms with Crippen molar-refractivity contribution in [2.24, 2.45) is 0 Å². The molecule has 0 radical (unpaired) electrons. The molecule has 10 rings (SSSR count). The van der Waals surface area contributed by atoms with Crippen LogP contribution >= 0.6 is 0 Å². The number of halogens is 5. The predicted octanol–water partition coefficient (Wildman–Crippen LogP) is 7.73. The number of aromatic nitrogens is 3. The number of hydrogen-bond donors (Lipinski definition) is 1. The number of nitrogens with zero attached hydrogens (tertiary/aromatic N) is 6. The standard InChI is InChI=1S/C42H46F5N7O5/c1-40-19-26(43)21-53(22-40)36-30-20-48-34(33(45)35(30)49-37(50-36)58-24-41-10-5-14-54(41)15-6-11-41)29-18-27(59-39(56)52-13-3-2-12-42(46,47)23-52)17-25-8-9-31(44)28(32(25)29)7-4-16-57-38(55)51-40/h8-9,17-18,20,26H,2-7,10-16,19,21-24H2,1H3,(H,51,55). The number of aryl methyl sites for hydroxylation is 1. The predicted molar refractivity (Wildman–Crippen MR) is 208 cm³/mol. The summed E-state index contributed by atoms with van der Waals surface area (Å²) in [6.07, 6.45) is 2.52. The second-order valence-electron chi connectivity index (χ2n) is 17.0. The van der Waals surface area contributed by atoms with E-state index < -0.39 is 48.0 Å². The summed E-state index contributed by atoms with van der Waals surface area (Å²) >= 11 is 0. The molecule has 0 spiro atoms. The van der Waals surface area contributed by atoms with Gasteiger partial charge in [-0.2, -0.15) is 9.97 Å². The maximum absolute atomic E-state index is 17.5. The maximum atomic E-state index is 17.5. The Kier molecular flexibility index (Phi) is 10.2. The third-order valence-electron chi connectivity index (χ3n) is 12.6. The normalized spacial score (nSPS) is 24.4. The van der Waals surface area contributed by atoms with Gasteiger partial charge in [0.2, 0.25) is 0 Å². The molecule has 2 aromatic heterocycles. The minimum absolute atomic E-state index is 0.0182. The van der Waals surface area contributed by atoms with Crippen LogP contribution in [0.1, 0.15) is 70.3 Å². The smallest absolute Gasteiger partial charge is 0.415 e. The molecular weight excluding hydrogens is 777 g/mol. The second kappa shape index (κ2) is 15.2. The Hall–Kier alpha value is -5.06. The number of benzene rings is 2. The third kappa shape index (κ3) is 7.66. The van der Waals surface area contributed by atoms with E-state index in [-0.39, 0.29) is 121 Å². The maximum Gasteiger partial charge on any atom is 0.415 e. The van der Waals surface area contributed by atoms with Gasteiger partial charge in [-0.25, -0.2) is 31.5 Å². The number of amides is 2. The van der Waals surface area contributed by atoms with Gasteiger partial charge in [-0.1, -0.05) is 6.07 Å². The lowest BCUT2D eigenvalue weighted by Crippen LogP contribution is -2.60. The largest absolute Gasteiger partial charge is 0.461 e. The molecule has 59 heavy (non-hydrogen) atoms. The lowest BCUT2D eigenvalue weighted by atomic mass is 9.90. The summed E-state index contributed by atoms with van der Waals surface area (Å²) in [5, 5.41) is 3.57. The van der Waals surface area contributed by atoms with Crippen LogP contribution in [0.15, 0.2) is 30.5 Å². The highest BCUT2D eigenvalue weighted by molar-refractivity contribution is 6.02. The molecule has 314 valence electrons. The quantitative estimate of drug-likeness (QED) is 0.205. The molecular formula is C42H46F5N7O5. The number of alkyl carbamates (subject to hydrolysis) is 1. The molecule has 0 aliphatic carbocycles. The van der Waals surface area contributed by atoms with Gasteiger partial charge in [0, 0.05) is 37.7 Å². The first-order valence-electron chi connectivity index (χ1n) is 20.5. The first kappa shape index (κ1) is 39.4. The molecule has 2 amide bonds. The Morgan fingerprint density at radius 1 is 1.02 bits per heavy atom. The topological polar surface area (TPSA) is 122 Å². The summed E-state index contributed by atoms with van der Waals surface area (Å²) in [5.41, 5.74) is -1.56. The number of rotatable bonds is 4. The van der Waals surface area contributed by atoms with Crippen molar-refractivity contribution < 1.29 is 45.8 Å². The van der Waals surface area contributed by atoms with Gasteiger partial charge < -0.3 is 29.3 Å². The van der Waals surface area contributed by atoms with Gasteiger partial charge in [0.1, 0.15) is 41.4 Å². The summed E-state index contributed by atoms with van der Waals surface area (Å²) in [7, 11) is 0. The van der Waals surface area contributed by atoms with E-state index in [1.54, 1.807) is 11.8 Å². The first-order chi connectivity index (χ1) is 28.3. The van der Waals surface area contributed by atoms with Crippen molar-refractivity contribution in [1.29, 1.82) is 0 Å². The average molecular weight is 824 g/mol. The van der Waals surface area contributed by atoms with Crippen molar-refractivity contribution in [1.82, 2.24) is 30.1 Å². The number of nitrogens with one attached hydrogen (secondary N) is 1. The number of hydrogen-bond acceptors (Lipinski definition) is 10. The van der Waals surface area contributed by atoms with E-state index in [0.717, 1.165) is 43.7 Å². The summed E-state index contributed by atoms with van der Waals surface area (Å²) in [6, 6.07) is 5.35. The van der Waals surface area contributed by atoms with Crippen LogP contribution in [0, 0.1) is 11.6 Å². The molecule has 17 heteroatoms. The van der Waals surface area contributed by atoms with Crippen molar-refractivity contribution in [3.05, 3.63) is 47.7 Å². The Balaban J connectivity index is 1.20. The van der Waals surface area contributed by atoms with Gasteiger partial charge in [0.05, 0.1) is 36.2 Å². The molecule has 0 saturated carbocycles. The molecule has 8 heterocycles. The van der Waals surface area contributed by atoms with Crippen molar-refractivity contribution in [3.63, 3.8) is 0 Å².